The number of hydrogen-bond donors (Lipinski definition) is 1. The maximum absolute atomic E-state index is 12.5. The van der Waals surface area contributed by atoms with Gasteiger partial charge in [-0.2, -0.15) is 0 Å². The number of ether oxygens (including phenoxy) is 1. The molecular weight excluding hydrogens is 342 g/mol. The van der Waals surface area contributed by atoms with Crippen LogP contribution in [0.15, 0.2) is 29.1 Å². The van der Waals surface area contributed by atoms with Gasteiger partial charge in [-0.25, -0.2) is 4.98 Å². The number of para-hydroxylation sites is 1. The lowest BCUT2D eigenvalue weighted by Gasteiger charge is -2.28. The molecule has 1 atom stereocenters. The average Bonchev–Trinajstić information content (AvgIpc) is 2.61. The second-order valence-electron chi connectivity index (χ2n) is 6.05. The van der Waals surface area contributed by atoms with E-state index in [-0.39, 0.29) is 18.0 Å². The van der Waals surface area contributed by atoms with Crippen molar-refractivity contribution in [1.29, 1.82) is 0 Å². The van der Waals surface area contributed by atoms with E-state index >= 15 is 0 Å². The Morgan fingerprint density at radius 1 is 1.44 bits per heavy atom. The zero-order valence-corrected chi connectivity index (χ0v) is 15.0. The minimum Gasteiger partial charge on any atom is -0.496 e. The summed E-state index contributed by atoms with van der Waals surface area (Å²) in [6.45, 7) is 2.41. The van der Waals surface area contributed by atoms with Crippen molar-refractivity contribution in [2.24, 2.45) is 0 Å². The van der Waals surface area contributed by atoms with Crippen molar-refractivity contribution in [2.45, 2.75) is 31.7 Å². The number of aromatic amines is 1. The monoisotopic (exact) mass is 361 g/mol. The van der Waals surface area contributed by atoms with Crippen LogP contribution in [-0.2, 0) is 24.2 Å². The first-order chi connectivity index (χ1) is 12.0. The molecule has 132 valence electrons. The van der Waals surface area contributed by atoms with Gasteiger partial charge < -0.3 is 14.6 Å². The summed E-state index contributed by atoms with van der Waals surface area (Å²) >= 11 is 5.87. The maximum Gasteiger partial charge on any atom is 0.256 e. The maximum atomic E-state index is 12.5. The van der Waals surface area contributed by atoms with Crippen LogP contribution in [0.1, 0.15) is 29.6 Å². The molecule has 1 aromatic carbocycles. The highest BCUT2D eigenvalue weighted by atomic mass is 35.5. The molecule has 1 aliphatic heterocycles. The number of H-pyrrole nitrogens is 1. The van der Waals surface area contributed by atoms with Gasteiger partial charge in [0, 0.05) is 24.9 Å². The minimum atomic E-state index is -0.599. The number of alkyl halides is 1. The lowest BCUT2D eigenvalue weighted by Crippen LogP contribution is -2.42. The smallest absolute Gasteiger partial charge is 0.256 e. The fraction of sp³-hybridized carbons (Fsp3) is 0.389. The molecule has 0 saturated carbocycles. The van der Waals surface area contributed by atoms with Crippen LogP contribution in [0, 0.1) is 0 Å². The van der Waals surface area contributed by atoms with Gasteiger partial charge in [-0.15, -0.1) is 11.6 Å². The highest BCUT2D eigenvalue weighted by Gasteiger charge is 2.26. The molecule has 2 heterocycles. The van der Waals surface area contributed by atoms with E-state index in [2.05, 4.69) is 9.97 Å². The van der Waals surface area contributed by atoms with Crippen LogP contribution >= 0.6 is 11.6 Å². The zero-order chi connectivity index (χ0) is 18.0. The first-order valence-electron chi connectivity index (χ1n) is 8.15. The molecule has 3 rings (SSSR count). The van der Waals surface area contributed by atoms with Crippen molar-refractivity contribution in [3.8, 4) is 5.75 Å². The van der Waals surface area contributed by atoms with Crippen molar-refractivity contribution in [3.05, 3.63) is 57.3 Å². The average molecular weight is 362 g/mol. The number of amides is 1. The van der Waals surface area contributed by atoms with Crippen molar-refractivity contribution < 1.29 is 9.53 Å². The molecule has 0 bridgehead atoms. The Hall–Kier alpha value is -2.34. The summed E-state index contributed by atoms with van der Waals surface area (Å²) in [4.78, 5) is 33.6. The molecule has 2 aromatic rings. The van der Waals surface area contributed by atoms with Crippen LogP contribution in [0.25, 0.3) is 0 Å². The van der Waals surface area contributed by atoms with E-state index in [1.54, 1.807) is 18.9 Å². The van der Waals surface area contributed by atoms with Crippen LogP contribution in [0.2, 0.25) is 0 Å². The molecule has 1 amide bonds. The van der Waals surface area contributed by atoms with Crippen LogP contribution in [0.3, 0.4) is 0 Å². The summed E-state index contributed by atoms with van der Waals surface area (Å²) in [5.74, 6) is 1.19. The summed E-state index contributed by atoms with van der Waals surface area (Å²) in [6, 6.07) is 7.64. The zero-order valence-electron chi connectivity index (χ0n) is 14.2. The van der Waals surface area contributed by atoms with Gasteiger partial charge >= 0.3 is 0 Å². The predicted molar refractivity (Wildman–Crippen MR) is 95.1 cm³/mol. The SMILES string of the molecule is COc1ccccc1Cc1nc2c(c(=O)[nH]1)CN(C(=O)[C@H](C)Cl)CC2. The third-order valence-electron chi connectivity index (χ3n) is 4.32. The van der Waals surface area contributed by atoms with E-state index in [9.17, 15) is 9.59 Å². The molecule has 0 saturated heterocycles. The first kappa shape index (κ1) is 17.5. The number of nitrogens with one attached hydrogen (secondary N) is 1. The topological polar surface area (TPSA) is 75.3 Å². The number of carbonyl (C=O) groups is 1. The lowest BCUT2D eigenvalue weighted by molar-refractivity contribution is -0.131. The van der Waals surface area contributed by atoms with Crippen molar-refractivity contribution in [2.75, 3.05) is 13.7 Å². The summed E-state index contributed by atoms with van der Waals surface area (Å²) in [7, 11) is 1.62. The second-order valence-corrected chi connectivity index (χ2v) is 6.71. The quantitative estimate of drug-likeness (QED) is 0.844. The fourth-order valence-corrected chi connectivity index (χ4v) is 3.17. The number of methoxy groups -OCH3 is 1. The van der Waals surface area contributed by atoms with Crippen molar-refractivity contribution in [3.63, 3.8) is 0 Å². The Bertz CT molecular complexity index is 848. The number of halogens is 1. The summed E-state index contributed by atoms with van der Waals surface area (Å²) < 4.78 is 5.35. The Morgan fingerprint density at radius 3 is 2.92 bits per heavy atom. The largest absolute Gasteiger partial charge is 0.496 e. The van der Waals surface area contributed by atoms with Gasteiger partial charge in [0.25, 0.3) is 5.56 Å². The molecule has 0 aliphatic carbocycles. The van der Waals surface area contributed by atoms with E-state index in [0.29, 0.717) is 30.8 Å². The molecular formula is C18H20ClN3O3. The normalized spacial score (nSPS) is 14.8. The van der Waals surface area contributed by atoms with Crippen LogP contribution in [0.4, 0.5) is 0 Å². The van der Waals surface area contributed by atoms with Gasteiger partial charge in [-0.05, 0) is 13.0 Å². The van der Waals surface area contributed by atoms with Gasteiger partial charge in [0.15, 0.2) is 0 Å². The van der Waals surface area contributed by atoms with Gasteiger partial charge in [0.05, 0.1) is 24.9 Å². The number of hydrogen-bond acceptors (Lipinski definition) is 4. The van der Waals surface area contributed by atoms with E-state index in [1.807, 2.05) is 24.3 Å². The van der Waals surface area contributed by atoms with Gasteiger partial charge in [0.2, 0.25) is 5.91 Å². The van der Waals surface area contributed by atoms with Crippen LogP contribution in [-0.4, -0.2) is 39.8 Å². The lowest BCUT2D eigenvalue weighted by atomic mass is 10.1. The molecule has 0 fully saturated rings. The highest BCUT2D eigenvalue weighted by Crippen LogP contribution is 2.21. The van der Waals surface area contributed by atoms with E-state index < -0.39 is 5.38 Å². The molecule has 0 unspecified atom stereocenters. The Morgan fingerprint density at radius 2 is 2.20 bits per heavy atom. The summed E-state index contributed by atoms with van der Waals surface area (Å²) in [5.41, 5.74) is 2.05. The molecule has 0 radical (unpaired) electrons. The molecule has 1 N–H and O–H groups in total. The fourth-order valence-electron chi connectivity index (χ4n) is 3.03. The molecule has 1 aromatic heterocycles. The van der Waals surface area contributed by atoms with E-state index in [4.69, 9.17) is 16.3 Å². The van der Waals surface area contributed by atoms with E-state index in [1.165, 1.54) is 0 Å². The molecule has 7 heteroatoms. The number of aromatic nitrogens is 2. The third-order valence-corrected chi connectivity index (χ3v) is 4.51. The van der Waals surface area contributed by atoms with Crippen molar-refractivity contribution >= 4 is 17.5 Å². The standard InChI is InChI=1S/C18H20ClN3O3/c1-11(19)18(24)22-8-7-14-13(10-22)17(23)21-16(20-14)9-12-5-3-4-6-15(12)25-2/h3-6,11H,7-10H2,1-2H3,(H,20,21,23)/t11-/m0/s1. The van der Waals surface area contributed by atoms with Gasteiger partial charge in [-0.1, -0.05) is 18.2 Å². The number of rotatable bonds is 4. The Labute approximate surface area is 150 Å². The van der Waals surface area contributed by atoms with Crippen LogP contribution < -0.4 is 10.3 Å². The summed E-state index contributed by atoms with van der Waals surface area (Å²) in [6.07, 6.45) is 1.03. The Balaban J connectivity index is 1.86. The number of carbonyl (C=O) groups excluding carboxylic acids is 1. The molecule has 6 nitrogen and oxygen atoms in total. The van der Waals surface area contributed by atoms with Crippen molar-refractivity contribution in [1.82, 2.24) is 14.9 Å². The van der Waals surface area contributed by atoms with Gasteiger partial charge in [0.1, 0.15) is 17.0 Å². The summed E-state index contributed by atoms with van der Waals surface area (Å²) in [5, 5.41) is -0.599. The van der Waals surface area contributed by atoms with Gasteiger partial charge in [-0.3, -0.25) is 9.59 Å². The highest BCUT2D eigenvalue weighted by molar-refractivity contribution is 6.30. The number of benzene rings is 1. The van der Waals surface area contributed by atoms with Crippen LogP contribution in [0.5, 0.6) is 5.75 Å². The number of nitrogens with zero attached hydrogens (tertiary/aromatic N) is 2. The third kappa shape index (κ3) is 3.69. The molecule has 1 aliphatic rings. The Kier molecular flexibility index (Phi) is 5.08. The first-order valence-corrected chi connectivity index (χ1v) is 8.59. The minimum absolute atomic E-state index is 0.162. The van der Waals surface area contributed by atoms with E-state index in [0.717, 1.165) is 17.0 Å². The molecule has 0 spiro atoms. The predicted octanol–water partition coefficient (Wildman–Crippen LogP) is 1.88. The second kappa shape index (κ2) is 7.27. The number of fused-ring (bicyclic) bond motifs is 1. The molecule has 25 heavy (non-hydrogen) atoms.